The summed E-state index contributed by atoms with van der Waals surface area (Å²) in [7, 11) is 0. The molecule has 0 bridgehead atoms. The zero-order chi connectivity index (χ0) is 22.7. The quantitative estimate of drug-likeness (QED) is 0.377. The van der Waals surface area contributed by atoms with Crippen molar-refractivity contribution >= 4 is 39.9 Å². The number of H-pyrrole nitrogens is 1. The Morgan fingerprint density at radius 1 is 1.25 bits per heavy atom. The molecular formula is C22H19N5O3S2. The number of rotatable bonds is 6. The topological polar surface area (TPSA) is 142 Å². The number of nitriles is 1. The minimum Gasteiger partial charge on any atom is -0.365 e. The van der Waals surface area contributed by atoms with Gasteiger partial charge in [-0.1, -0.05) is 42.1 Å². The normalized spacial score (nSPS) is 12.6. The first kappa shape index (κ1) is 21.8. The molecule has 1 aromatic carbocycles. The van der Waals surface area contributed by atoms with E-state index in [1.807, 2.05) is 12.1 Å². The number of hydrogen-bond acceptors (Lipinski definition) is 7. The number of fused-ring (bicyclic) bond motifs is 1. The van der Waals surface area contributed by atoms with Gasteiger partial charge >= 0.3 is 0 Å². The molecule has 0 atom stereocenters. The molecule has 2 amide bonds. The largest absolute Gasteiger partial charge is 0.365 e. The van der Waals surface area contributed by atoms with E-state index in [4.69, 9.17) is 5.73 Å². The fourth-order valence-electron chi connectivity index (χ4n) is 3.64. The van der Waals surface area contributed by atoms with Gasteiger partial charge in [0.15, 0.2) is 5.16 Å². The molecule has 8 nitrogen and oxygen atoms in total. The molecule has 162 valence electrons. The van der Waals surface area contributed by atoms with E-state index in [0.29, 0.717) is 16.1 Å². The lowest BCUT2D eigenvalue weighted by Gasteiger charge is -2.11. The third-order valence-electron chi connectivity index (χ3n) is 5.07. The molecule has 2 heterocycles. The van der Waals surface area contributed by atoms with Gasteiger partial charge in [0.1, 0.15) is 16.6 Å². The van der Waals surface area contributed by atoms with E-state index in [1.54, 1.807) is 24.3 Å². The van der Waals surface area contributed by atoms with Crippen LogP contribution in [0.2, 0.25) is 0 Å². The number of aromatic nitrogens is 2. The molecule has 2 aromatic heterocycles. The van der Waals surface area contributed by atoms with Crippen LogP contribution in [0.15, 0.2) is 40.3 Å². The Balaban J connectivity index is 1.53. The summed E-state index contributed by atoms with van der Waals surface area (Å²) in [6.07, 6.45) is 3.71. The predicted molar refractivity (Wildman–Crippen MR) is 124 cm³/mol. The maximum Gasteiger partial charge on any atom is 0.270 e. The van der Waals surface area contributed by atoms with E-state index < -0.39 is 11.5 Å². The summed E-state index contributed by atoms with van der Waals surface area (Å²) >= 11 is 2.44. The zero-order valence-electron chi connectivity index (χ0n) is 16.9. The van der Waals surface area contributed by atoms with Crippen molar-refractivity contribution in [2.75, 3.05) is 11.1 Å². The smallest absolute Gasteiger partial charge is 0.270 e. The number of primary amides is 1. The molecule has 0 saturated carbocycles. The monoisotopic (exact) mass is 465 g/mol. The van der Waals surface area contributed by atoms with Crippen LogP contribution in [-0.4, -0.2) is 27.5 Å². The van der Waals surface area contributed by atoms with Gasteiger partial charge in [-0.15, -0.1) is 11.3 Å². The van der Waals surface area contributed by atoms with Crippen LogP contribution in [0, 0.1) is 11.3 Å². The summed E-state index contributed by atoms with van der Waals surface area (Å²) in [6, 6.07) is 10.8. The number of carbonyl (C=O) groups excluding carboxylic acids is 2. The first-order chi connectivity index (χ1) is 15.5. The van der Waals surface area contributed by atoms with Crippen LogP contribution in [0.1, 0.15) is 39.2 Å². The third kappa shape index (κ3) is 4.44. The summed E-state index contributed by atoms with van der Waals surface area (Å²) < 4.78 is 0. The van der Waals surface area contributed by atoms with Crippen molar-refractivity contribution in [1.29, 1.82) is 5.26 Å². The molecular weight excluding hydrogens is 446 g/mol. The highest BCUT2D eigenvalue weighted by Gasteiger charge is 2.25. The van der Waals surface area contributed by atoms with Crippen LogP contribution < -0.4 is 16.6 Å². The number of thiophene rings is 1. The minimum absolute atomic E-state index is 0.0379. The Hall–Kier alpha value is -3.42. The molecule has 1 aliphatic carbocycles. The average Bonchev–Trinajstić information content (AvgIpc) is 3.15. The van der Waals surface area contributed by atoms with Gasteiger partial charge in [0.2, 0.25) is 5.91 Å². The highest BCUT2D eigenvalue weighted by molar-refractivity contribution is 7.99. The van der Waals surface area contributed by atoms with Gasteiger partial charge in [-0.3, -0.25) is 14.4 Å². The van der Waals surface area contributed by atoms with Crippen molar-refractivity contribution in [3.8, 4) is 17.3 Å². The standard InChI is InChI=1S/C22H19N5O3S2/c23-10-14-18(12-6-2-1-3-7-12)26-22(27-20(14)30)31-11-16(28)25-21-17(19(24)29)13-8-4-5-9-15(13)32-21/h1-3,6-7H,4-5,8-9,11H2,(H2,24,29)(H,25,28)(H,26,27,30). The highest BCUT2D eigenvalue weighted by atomic mass is 32.2. The Bertz CT molecular complexity index is 1290. The number of thioether (sulfide) groups is 1. The van der Waals surface area contributed by atoms with Crippen molar-refractivity contribution in [1.82, 2.24) is 9.97 Å². The fourth-order valence-corrected chi connectivity index (χ4v) is 5.61. The molecule has 0 aliphatic heterocycles. The molecule has 0 unspecified atom stereocenters. The van der Waals surface area contributed by atoms with E-state index in [9.17, 15) is 19.6 Å². The molecule has 10 heteroatoms. The van der Waals surface area contributed by atoms with Crippen LogP contribution in [0.25, 0.3) is 11.3 Å². The molecule has 0 radical (unpaired) electrons. The zero-order valence-corrected chi connectivity index (χ0v) is 18.6. The van der Waals surface area contributed by atoms with E-state index in [1.165, 1.54) is 11.3 Å². The molecule has 4 N–H and O–H groups in total. The highest BCUT2D eigenvalue weighted by Crippen LogP contribution is 2.38. The van der Waals surface area contributed by atoms with Crippen LogP contribution in [0.5, 0.6) is 0 Å². The Morgan fingerprint density at radius 2 is 2.00 bits per heavy atom. The summed E-state index contributed by atoms with van der Waals surface area (Å²) in [4.78, 5) is 44.9. The number of nitrogens with one attached hydrogen (secondary N) is 2. The summed E-state index contributed by atoms with van der Waals surface area (Å²) in [6.45, 7) is 0. The number of aryl methyl sites for hydroxylation is 1. The lowest BCUT2D eigenvalue weighted by Crippen LogP contribution is -2.20. The van der Waals surface area contributed by atoms with Crippen molar-refractivity contribution in [3.05, 3.63) is 62.3 Å². The Morgan fingerprint density at radius 3 is 2.72 bits per heavy atom. The number of aromatic amines is 1. The van der Waals surface area contributed by atoms with Gasteiger partial charge < -0.3 is 16.0 Å². The molecule has 32 heavy (non-hydrogen) atoms. The first-order valence-electron chi connectivity index (χ1n) is 9.94. The Kier molecular flexibility index (Phi) is 6.39. The number of carbonyl (C=O) groups is 2. The second-order valence-electron chi connectivity index (χ2n) is 7.19. The van der Waals surface area contributed by atoms with Gasteiger partial charge in [-0.05, 0) is 31.2 Å². The number of amides is 2. The SMILES string of the molecule is N#Cc1c(-c2ccccc2)nc(SCC(=O)Nc2sc3c(c2C(N)=O)CCCC3)[nH]c1=O. The van der Waals surface area contributed by atoms with Gasteiger partial charge in [-0.2, -0.15) is 5.26 Å². The van der Waals surface area contributed by atoms with Crippen molar-refractivity contribution in [3.63, 3.8) is 0 Å². The maximum absolute atomic E-state index is 12.6. The van der Waals surface area contributed by atoms with E-state index in [2.05, 4.69) is 15.3 Å². The number of nitrogens with zero attached hydrogens (tertiary/aromatic N) is 2. The second kappa shape index (κ2) is 9.38. The number of hydrogen-bond donors (Lipinski definition) is 3. The molecule has 0 fully saturated rings. The lowest BCUT2D eigenvalue weighted by molar-refractivity contribution is -0.113. The predicted octanol–water partition coefficient (Wildman–Crippen LogP) is 3.08. The summed E-state index contributed by atoms with van der Waals surface area (Å²) in [5, 5.41) is 12.8. The third-order valence-corrected chi connectivity index (χ3v) is 7.15. The Labute approximate surface area is 191 Å². The van der Waals surface area contributed by atoms with E-state index in [0.717, 1.165) is 47.9 Å². The fraction of sp³-hybridized carbons (Fsp3) is 0.227. The van der Waals surface area contributed by atoms with Gasteiger partial charge in [0.25, 0.3) is 11.5 Å². The van der Waals surface area contributed by atoms with E-state index >= 15 is 0 Å². The van der Waals surface area contributed by atoms with Gasteiger partial charge in [0, 0.05) is 10.4 Å². The maximum atomic E-state index is 12.6. The number of anilines is 1. The molecule has 4 rings (SSSR count). The molecule has 1 aliphatic rings. The van der Waals surface area contributed by atoms with Crippen molar-refractivity contribution in [2.24, 2.45) is 5.73 Å². The average molecular weight is 466 g/mol. The molecule has 0 spiro atoms. The summed E-state index contributed by atoms with van der Waals surface area (Å²) in [5.74, 6) is -0.925. The van der Waals surface area contributed by atoms with Crippen LogP contribution >= 0.6 is 23.1 Å². The van der Waals surface area contributed by atoms with Crippen molar-refractivity contribution in [2.45, 2.75) is 30.8 Å². The summed E-state index contributed by atoms with van der Waals surface area (Å²) in [5.41, 5.74) is 7.18. The van der Waals surface area contributed by atoms with E-state index in [-0.39, 0.29) is 28.1 Å². The minimum atomic E-state index is -0.564. The molecule has 3 aromatic rings. The second-order valence-corrected chi connectivity index (χ2v) is 9.26. The number of nitrogens with two attached hydrogens (primary N) is 1. The first-order valence-corrected chi connectivity index (χ1v) is 11.7. The van der Waals surface area contributed by atoms with Gasteiger partial charge in [-0.25, -0.2) is 4.98 Å². The van der Waals surface area contributed by atoms with Gasteiger partial charge in [0.05, 0.1) is 17.0 Å². The van der Waals surface area contributed by atoms with Crippen molar-refractivity contribution < 1.29 is 9.59 Å². The van der Waals surface area contributed by atoms with Crippen LogP contribution in [-0.2, 0) is 17.6 Å². The number of benzene rings is 1. The van der Waals surface area contributed by atoms with Crippen LogP contribution in [0.3, 0.4) is 0 Å². The lowest BCUT2D eigenvalue weighted by atomic mass is 9.95. The van der Waals surface area contributed by atoms with Crippen LogP contribution in [0.4, 0.5) is 5.00 Å². The molecule has 0 saturated heterocycles.